The number of nitrogens with one attached hydrogen (secondary N) is 3. The van der Waals surface area contributed by atoms with Crippen molar-refractivity contribution >= 4 is 11.7 Å². The van der Waals surface area contributed by atoms with Crippen LogP contribution in [0.3, 0.4) is 0 Å². The molecule has 0 aliphatic carbocycles. The Hall–Kier alpha value is -2.54. The number of hydrogen-bond donors (Lipinski definition) is 3. The molecule has 3 N–H and O–H groups in total. The standard InChI is InChI=1S/C18H25N3O4/c1-11(2)24-15-7-12(18(22)21-17(19)5-6-20-3)8-16-14(15)9-13(25-16)10-23-4/h5-8,11,13,20H,9-10H2,1-4H3,(H2,19,21,22)/b6-5-. The zero-order valence-corrected chi connectivity index (χ0v) is 15.0. The van der Waals surface area contributed by atoms with Crippen molar-refractivity contribution in [3.63, 3.8) is 0 Å². The largest absolute Gasteiger partial charge is 0.491 e. The van der Waals surface area contributed by atoms with Gasteiger partial charge in [0.05, 0.1) is 12.7 Å². The molecule has 1 heterocycles. The first-order chi connectivity index (χ1) is 11.9. The lowest BCUT2D eigenvalue weighted by Crippen LogP contribution is -2.28. The Kier molecular flexibility index (Phi) is 6.41. The first-order valence-electron chi connectivity index (χ1n) is 8.17. The average molecular weight is 347 g/mol. The second-order valence-electron chi connectivity index (χ2n) is 6.01. The molecule has 25 heavy (non-hydrogen) atoms. The van der Waals surface area contributed by atoms with Crippen molar-refractivity contribution in [3.05, 3.63) is 35.5 Å². The summed E-state index contributed by atoms with van der Waals surface area (Å²) in [6.07, 6.45) is 3.58. The third-order valence-corrected chi connectivity index (χ3v) is 3.54. The number of amides is 1. The second-order valence-corrected chi connectivity index (χ2v) is 6.01. The highest BCUT2D eigenvalue weighted by atomic mass is 16.5. The molecule has 1 amide bonds. The van der Waals surface area contributed by atoms with E-state index in [1.54, 1.807) is 32.5 Å². The lowest BCUT2D eigenvalue weighted by Gasteiger charge is -2.14. The maximum atomic E-state index is 12.4. The SMILES string of the molecule is CN/C=C\C(=N)NC(=O)c1cc(OC(C)C)c2c(c1)OC(COC)C2. The quantitative estimate of drug-likeness (QED) is 0.517. The van der Waals surface area contributed by atoms with Crippen LogP contribution < -0.4 is 20.1 Å². The van der Waals surface area contributed by atoms with Gasteiger partial charge in [-0.2, -0.15) is 0 Å². The van der Waals surface area contributed by atoms with Gasteiger partial charge in [0.15, 0.2) is 0 Å². The Balaban J connectivity index is 2.25. The normalized spacial score (nSPS) is 15.8. The van der Waals surface area contributed by atoms with Gasteiger partial charge in [-0.3, -0.25) is 10.2 Å². The lowest BCUT2D eigenvalue weighted by atomic mass is 10.1. The van der Waals surface area contributed by atoms with Gasteiger partial charge in [0.1, 0.15) is 23.4 Å². The molecule has 2 rings (SSSR count). The van der Waals surface area contributed by atoms with Crippen molar-refractivity contribution < 1.29 is 19.0 Å². The van der Waals surface area contributed by atoms with Crippen LogP contribution in [0.4, 0.5) is 0 Å². The number of carbonyl (C=O) groups is 1. The molecule has 7 heteroatoms. The molecule has 1 aliphatic heterocycles. The van der Waals surface area contributed by atoms with E-state index >= 15 is 0 Å². The van der Waals surface area contributed by atoms with Gasteiger partial charge in [0, 0.05) is 31.7 Å². The molecular weight excluding hydrogens is 322 g/mol. The number of ether oxygens (including phenoxy) is 3. The average Bonchev–Trinajstić information content (AvgIpc) is 2.95. The molecule has 0 saturated heterocycles. The van der Waals surface area contributed by atoms with Crippen LogP contribution in [0.25, 0.3) is 0 Å². The van der Waals surface area contributed by atoms with Gasteiger partial charge in [-0.05, 0) is 38.3 Å². The summed E-state index contributed by atoms with van der Waals surface area (Å²) in [7, 11) is 3.34. The van der Waals surface area contributed by atoms with Crippen LogP contribution in [0, 0.1) is 5.41 Å². The van der Waals surface area contributed by atoms with Crippen LogP contribution >= 0.6 is 0 Å². The fourth-order valence-electron chi connectivity index (χ4n) is 2.55. The van der Waals surface area contributed by atoms with E-state index in [9.17, 15) is 4.79 Å². The molecule has 0 bridgehead atoms. The van der Waals surface area contributed by atoms with Crippen LogP contribution in [-0.4, -0.2) is 44.7 Å². The van der Waals surface area contributed by atoms with Gasteiger partial charge in [0.25, 0.3) is 5.91 Å². The molecule has 7 nitrogen and oxygen atoms in total. The number of fused-ring (bicyclic) bond motifs is 1. The number of methoxy groups -OCH3 is 1. The highest BCUT2D eigenvalue weighted by Gasteiger charge is 2.28. The molecule has 1 unspecified atom stereocenters. The summed E-state index contributed by atoms with van der Waals surface area (Å²) >= 11 is 0. The highest BCUT2D eigenvalue weighted by molar-refractivity contribution is 6.09. The van der Waals surface area contributed by atoms with E-state index in [1.807, 2.05) is 13.8 Å². The number of hydrogen-bond acceptors (Lipinski definition) is 6. The minimum atomic E-state index is -0.388. The molecule has 136 valence electrons. The summed E-state index contributed by atoms with van der Waals surface area (Å²) in [5.74, 6) is 0.863. The summed E-state index contributed by atoms with van der Waals surface area (Å²) < 4.78 is 16.9. The molecule has 1 atom stereocenters. The zero-order chi connectivity index (χ0) is 18.4. The first-order valence-corrected chi connectivity index (χ1v) is 8.17. The van der Waals surface area contributed by atoms with Crippen molar-refractivity contribution in [1.29, 1.82) is 5.41 Å². The van der Waals surface area contributed by atoms with Crippen LogP contribution in [0.2, 0.25) is 0 Å². The van der Waals surface area contributed by atoms with Gasteiger partial charge < -0.3 is 24.8 Å². The molecule has 0 radical (unpaired) electrons. The van der Waals surface area contributed by atoms with Crippen molar-refractivity contribution in [2.45, 2.75) is 32.5 Å². The summed E-state index contributed by atoms with van der Waals surface area (Å²) in [4.78, 5) is 12.4. The maximum Gasteiger partial charge on any atom is 0.257 e. The Morgan fingerprint density at radius 1 is 1.48 bits per heavy atom. The minimum Gasteiger partial charge on any atom is -0.491 e. The summed E-state index contributed by atoms with van der Waals surface area (Å²) in [6, 6.07) is 3.38. The van der Waals surface area contributed by atoms with E-state index in [0.717, 1.165) is 5.56 Å². The molecule has 0 fully saturated rings. The Labute approximate surface area is 147 Å². The number of benzene rings is 1. The van der Waals surface area contributed by atoms with Gasteiger partial charge in [0.2, 0.25) is 0 Å². The van der Waals surface area contributed by atoms with Crippen LogP contribution in [0.5, 0.6) is 11.5 Å². The van der Waals surface area contributed by atoms with Crippen molar-refractivity contribution in [2.24, 2.45) is 0 Å². The van der Waals surface area contributed by atoms with E-state index in [2.05, 4.69) is 10.6 Å². The van der Waals surface area contributed by atoms with Gasteiger partial charge in [-0.25, -0.2) is 0 Å². The molecular formula is C18H25N3O4. The Bertz CT molecular complexity index is 671. The van der Waals surface area contributed by atoms with Gasteiger partial charge in [-0.15, -0.1) is 0 Å². The zero-order valence-electron chi connectivity index (χ0n) is 15.0. The summed E-state index contributed by atoms with van der Waals surface area (Å²) in [5.41, 5.74) is 1.33. The predicted molar refractivity (Wildman–Crippen MR) is 95.6 cm³/mol. The van der Waals surface area contributed by atoms with E-state index in [1.165, 1.54) is 6.08 Å². The predicted octanol–water partition coefficient (Wildman–Crippen LogP) is 1.86. The second kappa shape index (κ2) is 8.53. The monoisotopic (exact) mass is 347 g/mol. The molecule has 0 saturated carbocycles. The molecule has 1 aromatic carbocycles. The molecule has 0 spiro atoms. The van der Waals surface area contributed by atoms with E-state index in [0.29, 0.717) is 30.1 Å². The summed E-state index contributed by atoms with van der Waals surface area (Å²) in [5, 5.41) is 13.0. The first kappa shape index (κ1) is 18.8. The number of amidine groups is 1. The Morgan fingerprint density at radius 2 is 2.24 bits per heavy atom. The fraction of sp³-hybridized carbons (Fsp3) is 0.444. The van der Waals surface area contributed by atoms with Crippen molar-refractivity contribution in [1.82, 2.24) is 10.6 Å². The Morgan fingerprint density at radius 3 is 2.88 bits per heavy atom. The third-order valence-electron chi connectivity index (χ3n) is 3.54. The topological polar surface area (TPSA) is 92.7 Å². The summed E-state index contributed by atoms with van der Waals surface area (Å²) in [6.45, 7) is 4.33. The number of rotatable bonds is 7. The van der Waals surface area contributed by atoms with Crippen LogP contribution in [0.15, 0.2) is 24.4 Å². The van der Waals surface area contributed by atoms with Gasteiger partial charge >= 0.3 is 0 Å². The van der Waals surface area contributed by atoms with Crippen molar-refractivity contribution in [2.75, 3.05) is 20.8 Å². The number of carbonyl (C=O) groups excluding carboxylic acids is 1. The van der Waals surface area contributed by atoms with E-state index < -0.39 is 0 Å². The molecule has 1 aromatic rings. The van der Waals surface area contributed by atoms with E-state index in [4.69, 9.17) is 19.6 Å². The van der Waals surface area contributed by atoms with E-state index in [-0.39, 0.29) is 24.0 Å². The van der Waals surface area contributed by atoms with Gasteiger partial charge in [-0.1, -0.05) is 0 Å². The molecule has 0 aromatic heterocycles. The highest BCUT2D eigenvalue weighted by Crippen LogP contribution is 2.38. The smallest absolute Gasteiger partial charge is 0.257 e. The maximum absolute atomic E-state index is 12.4. The van der Waals surface area contributed by atoms with Crippen LogP contribution in [-0.2, 0) is 11.2 Å². The molecule has 1 aliphatic rings. The van der Waals surface area contributed by atoms with Crippen molar-refractivity contribution in [3.8, 4) is 11.5 Å². The fourth-order valence-corrected chi connectivity index (χ4v) is 2.55. The lowest BCUT2D eigenvalue weighted by molar-refractivity contribution is 0.0944. The van der Waals surface area contributed by atoms with Crippen LogP contribution in [0.1, 0.15) is 29.8 Å². The minimum absolute atomic E-state index is 0.00986. The third kappa shape index (κ3) is 4.96.